The summed E-state index contributed by atoms with van der Waals surface area (Å²) in [6, 6.07) is 14.3. The zero-order valence-electron chi connectivity index (χ0n) is 17.3. The second-order valence-corrected chi connectivity index (χ2v) is 10.8. The van der Waals surface area contributed by atoms with Crippen molar-refractivity contribution in [1.82, 2.24) is 0 Å². The van der Waals surface area contributed by atoms with Crippen LogP contribution in [0.5, 0.6) is 17.2 Å². The summed E-state index contributed by atoms with van der Waals surface area (Å²) >= 11 is 6.93. The van der Waals surface area contributed by atoms with Crippen molar-refractivity contribution in [3.05, 3.63) is 80.2 Å². The first-order chi connectivity index (χ1) is 15.0. The first-order valence-electron chi connectivity index (χ1n) is 9.60. The smallest absolute Gasteiger partial charge is 0.238 e. The van der Waals surface area contributed by atoms with Gasteiger partial charge in [0, 0.05) is 17.5 Å². The van der Waals surface area contributed by atoms with Gasteiger partial charge < -0.3 is 9.84 Å². The molecule has 3 N–H and O–H groups in total. The number of ketones is 1. The van der Waals surface area contributed by atoms with E-state index in [-0.39, 0.29) is 28.8 Å². The Morgan fingerprint density at radius 3 is 2.16 bits per heavy atom. The highest BCUT2D eigenvalue weighted by Crippen LogP contribution is 2.39. The molecule has 168 valence electrons. The van der Waals surface area contributed by atoms with Crippen molar-refractivity contribution in [2.75, 3.05) is 0 Å². The predicted octanol–water partition coefficient (Wildman–Crippen LogP) is 5.91. The number of sulfonamides is 1. The number of carbonyl (C=O) groups excluding carboxylic acids is 1. The van der Waals surface area contributed by atoms with Crippen molar-refractivity contribution in [1.29, 1.82) is 0 Å². The van der Waals surface area contributed by atoms with Crippen LogP contribution in [0.25, 0.3) is 0 Å². The van der Waals surface area contributed by atoms with Crippen LogP contribution in [0.2, 0.25) is 0 Å². The zero-order chi connectivity index (χ0) is 23.6. The van der Waals surface area contributed by atoms with Crippen LogP contribution in [-0.2, 0) is 16.4 Å². The first kappa shape index (κ1) is 24.4. The van der Waals surface area contributed by atoms with E-state index in [1.165, 1.54) is 12.1 Å². The number of primary sulfonamides is 1. The summed E-state index contributed by atoms with van der Waals surface area (Å²) in [5.74, 6) is 1.25. The number of halogens is 2. The van der Waals surface area contributed by atoms with Crippen molar-refractivity contribution in [3.8, 4) is 17.2 Å². The second kappa shape index (κ2) is 9.74. The number of phenols is 1. The second-order valence-electron chi connectivity index (χ2n) is 7.54. The first-order valence-corrected chi connectivity index (χ1v) is 12.7. The van der Waals surface area contributed by atoms with Crippen LogP contribution < -0.4 is 9.88 Å². The lowest BCUT2D eigenvalue weighted by atomic mass is 10.0. The van der Waals surface area contributed by atoms with Gasteiger partial charge in [0.1, 0.15) is 11.5 Å². The van der Waals surface area contributed by atoms with Crippen molar-refractivity contribution < 1.29 is 23.1 Å². The van der Waals surface area contributed by atoms with Crippen LogP contribution in [0.15, 0.2) is 68.4 Å². The summed E-state index contributed by atoms with van der Waals surface area (Å²) in [5.41, 5.74) is 1.90. The molecule has 32 heavy (non-hydrogen) atoms. The van der Waals surface area contributed by atoms with Gasteiger partial charge in [-0.3, -0.25) is 4.79 Å². The van der Waals surface area contributed by atoms with Gasteiger partial charge in [-0.15, -0.1) is 0 Å². The zero-order valence-corrected chi connectivity index (χ0v) is 21.3. The number of rotatable bonds is 7. The van der Waals surface area contributed by atoms with Gasteiger partial charge in [0.15, 0.2) is 11.5 Å². The molecule has 0 heterocycles. The Kier molecular flexibility index (Phi) is 7.44. The average molecular weight is 583 g/mol. The normalized spacial score (nSPS) is 11.6. The van der Waals surface area contributed by atoms with E-state index < -0.39 is 10.0 Å². The van der Waals surface area contributed by atoms with Crippen LogP contribution >= 0.6 is 31.9 Å². The lowest BCUT2D eigenvalue weighted by Crippen LogP contribution is -2.12. The molecule has 6 nitrogen and oxygen atoms in total. The van der Waals surface area contributed by atoms with Crippen LogP contribution in [0.3, 0.4) is 0 Å². The number of Topliss-reactive ketones (excluding diaryl/α,β-unsaturated/α-hetero) is 1. The number of nitrogens with two attached hydrogens (primary N) is 1. The molecule has 3 rings (SSSR count). The van der Waals surface area contributed by atoms with E-state index in [1.807, 2.05) is 13.8 Å². The van der Waals surface area contributed by atoms with E-state index in [2.05, 4.69) is 31.9 Å². The van der Waals surface area contributed by atoms with Gasteiger partial charge in [-0.05, 0) is 85.8 Å². The summed E-state index contributed by atoms with van der Waals surface area (Å²) < 4.78 is 29.9. The van der Waals surface area contributed by atoms with E-state index in [9.17, 15) is 18.3 Å². The fourth-order valence-corrected chi connectivity index (χ4v) is 4.94. The fourth-order valence-electron chi connectivity index (χ4n) is 3.08. The molecule has 0 unspecified atom stereocenters. The van der Waals surface area contributed by atoms with Crippen LogP contribution in [-0.4, -0.2) is 19.3 Å². The maximum Gasteiger partial charge on any atom is 0.238 e. The molecule has 0 amide bonds. The summed E-state index contributed by atoms with van der Waals surface area (Å²) in [5, 5.41) is 15.1. The van der Waals surface area contributed by atoms with E-state index in [0.717, 1.165) is 5.56 Å². The summed E-state index contributed by atoms with van der Waals surface area (Å²) in [4.78, 5) is 12.8. The summed E-state index contributed by atoms with van der Waals surface area (Å²) in [6.07, 6.45) is 0.0969. The molecule has 0 bridgehead atoms. The number of hydrogen-bond donors (Lipinski definition) is 2. The minimum atomic E-state index is -3.78. The molecule has 3 aromatic carbocycles. The van der Waals surface area contributed by atoms with Crippen LogP contribution in [0.1, 0.15) is 41.3 Å². The molecule has 0 aromatic heterocycles. The minimum Gasteiger partial charge on any atom is -0.508 e. The molecule has 0 aliphatic rings. The Bertz CT molecular complexity index is 1250. The van der Waals surface area contributed by atoms with Gasteiger partial charge in [-0.2, -0.15) is 0 Å². The van der Waals surface area contributed by atoms with E-state index in [4.69, 9.17) is 9.88 Å². The molecule has 0 saturated heterocycles. The summed E-state index contributed by atoms with van der Waals surface area (Å²) in [7, 11) is -3.78. The molecule has 0 saturated carbocycles. The molecular weight excluding hydrogens is 562 g/mol. The highest BCUT2D eigenvalue weighted by Gasteiger charge is 2.16. The van der Waals surface area contributed by atoms with Gasteiger partial charge in [0.2, 0.25) is 10.0 Å². The molecular formula is C23H21Br2NO5S. The van der Waals surface area contributed by atoms with Gasteiger partial charge in [0.25, 0.3) is 0 Å². The molecule has 0 aliphatic heterocycles. The van der Waals surface area contributed by atoms with Gasteiger partial charge in [0.05, 0.1) is 13.8 Å². The molecule has 9 heteroatoms. The number of phenolic OH excluding ortho intramolecular Hbond substituents is 1. The molecule has 0 radical (unpaired) electrons. The highest BCUT2D eigenvalue weighted by atomic mass is 79.9. The summed E-state index contributed by atoms with van der Waals surface area (Å²) in [6.45, 7) is 3.96. The third-order valence-electron chi connectivity index (χ3n) is 4.78. The fraction of sp³-hybridized carbons (Fsp3) is 0.174. The van der Waals surface area contributed by atoms with E-state index >= 15 is 0 Å². The molecule has 0 spiro atoms. The highest BCUT2D eigenvalue weighted by molar-refractivity contribution is 9.11. The van der Waals surface area contributed by atoms with E-state index in [0.29, 0.717) is 31.6 Å². The molecule has 0 fully saturated rings. The van der Waals surface area contributed by atoms with Crippen LogP contribution in [0, 0.1) is 0 Å². The topological polar surface area (TPSA) is 107 Å². The monoisotopic (exact) mass is 581 g/mol. The number of hydrogen-bond acceptors (Lipinski definition) is 5. The Hall–Kier alpha value is -2.20. The Balaban J connectivity index is 1.81. The third kappa shape index (κ3) is 5.78. The number of carbonyl (C=O) groups is 1. The molecule has 3 aromatic rings. The van der Waals surface area contributed by atoms with Crippen molar-refractivity contribution in [2.24, 2.45) is 5.14 Å². The average Bonchev–Trinajstić information content (AvgIpc) is 2.71. The van der Waals surface area contributed by atoms with Gasteiger partial charge >= 0.3 is 0 Å². The van der Waals surface area contributed by atoms with Crippen molar-refractivity contribution in [2.45, 2.75) is 31.1 Å². The van der Waals surface area contributed by atoms with Crippen molar-refractivity contribution >= 4 is 47.7 Å². The number of aromatic hydroxyl groups is 1. The maximum absolute atomic E-state index is 12.8. The standard InChI is InChI=1S/C23H21Br2NO5S/c1-13(2)18-12-16(5-8-21(18)27)31-23-19(24)10-15(11-20(23)25)22(28)9-14-3-6-17(7-4-14)32(26,29)30/h3-8,10-13,27H,9H2,1-2H3,(H2,26,29,30). The largest absolute Gasteiger partial charge is 0.508 e. The molecule has 0 atom stereocenters. The molecule has 0 aliphatic carbocycles. The predicted molar refractivity (Wildman–Crippen MR) is 130 cm³/mol. The Labute approximate surface area is 203 Å². The number of ether oxygens (including phenoxy) is 1. The quantitative estimate of drug-likeness (QED) is 0.337. The van der Waals surface area contributed by atoms with Gasteiger partial charge in [-0.1, -0.05) is 26.0 Å². The Morgan fingerprint density at radius 2 is 1.62 bits per heavy atom. The third-order valence-corrected chi connectivity index (χ3v) is 6.89. The minimum absolute atomic E-state index is 0.00413. The number of benzene rings is 3. The lowest BCUT2D eigenvalue weighted by molar-refractivity contribution is 0.0993. The maximum atomic E-state index is 12.8. The lowest BCUT2D eigenvalue weighted by Gasteiger charge is -2.14. The van der Waals surface area contributed by atoms with Gasteiger partial charge in [-0.25, -0.2) is 13.6 Å². The van der Waals surface area contributed by atoms with Crippen LogP contribution in [0.4, 0.5) is 0 Å². The SMILES string of the molecule is CC(C)c1cc(Oc2c(Br)cc(C(=O)Cc3ccc(S(N)(=O)=O)cc3)cc2Br)ccc1O. The van der Waals surface area contributed by atoms with Crippen molar-refractivity contribution in [3.63, 3.8) is 0 Å². The van der Waals surface area contributed by atoms with E-state index in [1.54, 1.807) is 42.5 Å². The Morgan fingerprint density at radius 1 is 1.03 bits per heavy atom.